The first-order valence-electron chi connectivity index (χ1n) is 45.1. The van der Waals surface area contributed by atoms with E-state index in [1.54, 1.807) is 4.90 Å². The van der Waals surface area contributed by atoms with Crippen LogP contribution in [0.3, 0.4) is 0 Å². The van der Waals surface area contributed by atoms with Gasteiger partial charge in [-0.2, -0.15) is 0 Å². The molecule has 4 heterocycles. The summed E-state index contributed by atoms with van der Waals surface area (Å²) in [7, 11) is 2.92. The number of benzene rings is 4. The second-order valence-corrected chi connectivity index (χ2v) is 40.4. The molecule has 0 spiro atoms. The molecule has 23 nitrogen and oxygen atoms in total. The number of nitrogens with one attached hydrogen (secondary N) is 2. The van der Waals surface area contributed by atoms with E-state index in [9.17, 15) is 43.5 Å². The fourth-order valence-corrected chi connectivity index (χ4v) is 18.5. The average molecular weight is 1660 g/mol. The Hall–Kier alpha value is -7.96. The molecule has 4 N–H and O–H groups in total. The minimum absolute atomic E-state index is 0.0303. The van der Waals surface area contributed by atoms with Crippen molar-refractivity contribution in [2.24, 2.45) is 45.3 Å². The van der Waals surface area contributed by atoms with Gasteiger partial charge in [0.05, 0.1) is 37.9 Å². The van der Waals surface area contributed by atoms with Crippen LogP contribution >= 0.6 is 0 Å². The van der Waals surface area contributed by atoms with Crippen LogP contribution in [0, 0.1) is 45.3 Å². The summed E-state index contributed by atoms with van der Waals surface area (Å²) in [6, 6.07) is 43.3. The maximum atomic E-state index is 13.2. The predicted molar refractivity (Wildman–Crippen MR) is 462 cm³/mol. The monoisotopic (exact) mass is 1660 g/mol. The number of nitrogens with zero attached hydrogens (tertiary/aromatic N) is 6. The molecule has 0 unspecified atom stereocenters. The molecule has 12 aliphatic rings. The second-order valence-electron chi connectivity index (χ2n) is 40.4. The quantitative estimate of drug-likeness (QED) is 0.0245. The Bertz CT molecular complexity index is 4010. The molecule has 8 atom stereocenters. The summed E-state index contributed by atoms with van der Waals surface area (Å²) in [5, 5.41) is 25.4. The lowest BCUT2D eigenvalue weighted by Gasteiger charge is -2.36. The van der Waals surface area contributed by atoms with Crippen LogP contribution in [0.25, 0.3) is 0 Å². The van der Waals surface area contributed by atoms with Gasteiger partial charge in [-0.25, -0.2) is 14.4 Å². The van der Waals surface area contributed by atoms with Gasteiger partial charge in [0.15, 0.2) is 0 Å². The van der Waals surface area contributed by atoms with E-state index in [1.807, 2.05) is 102 Å². The molecule has 658 valence electrons. The van der Waals surface area contributed by atoms with Gasteiger partial charge in [0, 0.05) is 110 Å². The van der Waals surface area contributed by atoms with Crippen molar-refractivity contribution in [1.29, 1.82) is 0 Å². The van der Waals surface area contributed by atoms with Crippen LogP contribution in [-0.4, -0.2) is 241 Å². The van der Waals surface area contributed by atoms with Crippen molar-refractivity contribution in [3.63, 3.8) is 0 Å². The van der Waals surface area contributed by atoms with Gasteiger partial charge in [-0.1, -0.05) is 121 Å². The molecule has 0 bridgehead atoms. The Balaban J connectivity index is 0.000000142. The summed E-state index contributed by atoms with van der Waals surface area (Å²) >= 11 is 0. The van der Waals surface area contributed by atoms with E-state index in [1.165, 1.54) is 55.7 Å². The number of ether oxygens (including phenoxy) is 5. The number of hydrogen-bond acceptors (Lipinski definition) is 18. The molecule has 8 saturated carbocycles. The zero-order valence-electron chi connectivity index (χ0n) is 73.7. The van der Waals surface area contributed by atoms with E-state index in [0.717, 1.165) is 207 Å². The molecule has 8 aliphatic carbocycles. The van der Waals surface area contributed by atoms with Crippen LogP contribution in [0.1, 0.15) is 237 Å². The van der Waals surface area contributed by atoms with Crippen molar-refractivity contribution in [3.8, 4) is 0 Å². The van der Waals surface area contributed by atoms with Crippen molar-refractivity contribution in [2.75, 3.05) is 112 Å². The second kappa shape index (κ2) is 39.7. The Morgan fingerprint density at radius 3 is 1.01 bits per heavy atom. The van der Waals surface area contributed by atoms with Gasteiger partial charge in [0.1, 0.15) is 23.1 Å². The molecule has 4 aliphatic heterocycles. The molecule has 120 heavy (non-hydrogen) atoms. The number of aldehydes is 1. The van der Waals surface area contributed by atoms with Crippen molar-refractivity contribution in [3.05, 3.63) is 144 Å². The van der Waals surface area contributed by atoms with Gasteiger partial charge in [-0.3, -0.25) is 19.2 Å². The Labute approximate surface area is 713 Å². The van der Waals surface area contributed by atoms with Crippen molar-refractivity contribution < 1.29 is 72.3 Å². The first kappa shape index (κ1) is 91.3. The standard InChI is InChI=1S/C26H38N2O4.C25H36N2O4.C20H28N2O2.C19H25NO3.C7H13NO2/c1-25(2,3)32-24(30)28(22-16-21(22)19-8-6-5-7-9-19)18-26(12-13-26)17-27-14-10-20(11-15-27)23(29)31-4;1-24(2,3)31-23(30)27(21-15-20(21)18-7-5-4-6-8-18)17-25(11-12-25)16-26-13-9-19(10-14-26)22(28)29;23-19(24)16-6-10-22(11-7-16)14-20(8-9-20)13-21-18-12-17(18)15-4-2-1-3-5-15;1-18(2,3)23-17(22)20(12-19(13-21)9-10-19)16-11-15(16)14-7-5-4-6-8-14;1-10-7(9)6-2-4-8-5-3-6/h5-9,20-22H,10-18H2,1-4H3;4-8,19-21H,9-17H2,1-3H3,(H,28,29);1-5,16-18,21H,6-14H2,(H,23,24);4-8,13,15-16H,9-12H2,1-3H3;6,8H,2-5H2,1H3/t21-,22+;20-,21+;17-,18+;15-,16+;/m1111./s1. The number of carboxylic acid groups (broad SMARTS) is 2. The third-order valence-corrected chi connectivity index (χ3v) is 26.9. The van der Waals surface area contributed by atoms with Crippen molar-refractivity contribution in [1.82, 2.24) is 40.0 Å². The highest BCUT2D eigenvalue weighted by atomic mass is 16.6. The molecular formula is C97H140N8O15. The number of carbonyl (C=O) groups is 8. The molecule has 0 radical (unpaired) electrons. The highest BCUT2D eigenvalue weighted by molar-refractivity contribution is 5.74. The lowest BCUT2D eigenvalue weighted by molar-refractivity contribution is -0.147. The summed E-state index contributed by atoms with van der Waals surface area (Å²) < 4.78 is 26.7. The lowest BCUT2D eigenvalue weighted by Crippen LogP contribution is -2.46. The molecule has 4 saturated heterocycles. The van der Waals surface area contributed by atoms with Crippen LogP contribution in [0.15, 0.2) is 121 Å². The van der Waals surface area contributed by atoms with Crippen molar-refractivity contribution >= 4 is 48.4 Å². The minimum atomic E-state index is -0.669. The summed E-state index contributed by atoms with van der Waals surface area (Å²) in [6.45, 7) is 30.7. The first-order valence-corrected chi connectivity index (χ1v) is 45.1. The SMILES string of the molecule is CC(C)(C)OC(=O)N(CC1(C=O)CC1)[C@H]1C[C@@H]1c1ccccc1.CC(C)(C)OC(=O)N(CC1(CN2CCC(C(=O)O)CC2)CC1)[C@H]1C[C@@H]1c1ccccc1.COC(=O)C1CCN(CC2(CN(C(=O)OC(C)(C)C)[C@H]3C[C@@H]3c3ccccc3)CC2)CC1.COC(=O)C1CCNCC1.O=C(O)C1CCN(CC2(CN[C@H]3C[C@@H]3c3ccccc3)CC2)CC1. The molecule has 12 fully saturated rings. The van der Waals surface area contributed by atoms with Crippen LogP contribution < -0.4 is 10.6 Å². The topological polar surface area (TPSA) is 267 Å². The Morgan fingerprint density at radius 2 is 0.717 bits per heavy atom. The van der Waals surface area contributed by atoms with Crippen LogP contribution in [0.5, 0.6) is 0 Å². The lowest BCUT2D eigenvalue weighted by atomic mass is 9.95. The maximum Gasteiger partial charge on any atom is 0.410 e. The van der Waals surface area contributed by atoms with Crippen LogP contribution in [0.4, 0.5) is 14.4 Å². The van der Waals surface area contributed by atoms with E-state index in [-0.39, 0.29) is 88.3 Å². The van der Waals surface area contributed by atoms with Gasteiger partial charge in [-0.05, 0) is 271 Å². The molecular weight excluding hydrogens is 1520 g/mol. The number of carboxylic acids is 2. The van der Waals surface area contributed by atoms with E-state index in [2.05, 4.69) is 121 Å². The number of likely N-dealkylation sites (tertiary alicyclic amines) is 3. The molecule has 0 aromatic heterocycles. The summed E-state index contributed by atoms with van der Waals surface area (Å²) in [6.07, 6.45) is 20.1. The summed E-state index contributed by atoms with van der Waals surface area (Å²) in [5.74, 6) is 0.273. The number of carbonyl (C=O) groups excluding carboxylic acids is 6. The number of methoxy groups -OCH3 is 2. The number of aliphatic carboxylic acids is 2. The Morgan fingerprint density at radius 1 is 0.417 bits per heavy atom. The third kappa shape index (κ3) is 27.0. The zero-order chi connectivity index (χ0) is 85.8. The highest BCUT2D eigenvalue weighted by Crippen LogP contribution is 2.55. The van der Waals surface area contributed by atoms with Gasteiger partial charge < -0.3 is 78.7 Å². The van der Waals surface area contributed by atoms with Gasteiger partial charge in [0.25, 0.3) is 0 Å². The molecule has 23 heteroatoms. The van der Waals surface area contributed by atoms with Crippen LogP contribution in [0.2, 0.25) is 0 Å². The Kier molecular flexibility index (Phi) is 30.2. The third-order valence-electron chi connectivity index (χ3n) is 26.9. The molecule has 3 amide bonds. The predicted octanol–water partition coefficient (Wildman–Crippen LogP) is 15.4. The van der Waals surface area contributed by atoms with Gasteiger partial charge >= 0.3 is 42.2 Å². The fraction of sp³-hybridized carbons (Fsp3) is 0.670. The number of piperidine rings is 4. The average Bonchev–Trinajstić information content (AvgIpc) is 1.61. The number of esters is 2. The maximum absolute atomic E-state index is 13.2. The normalized spacial score (nSPS) is 25.6. The van der Waals surface area contributed by atoms with Crippen LogP contribution in [-0.2, 0) is 47.7 Å². The molecule has 4 aromatic carbocycles. The fourth-order valence-electron chi connectivity index (χ4n) is 18.5. The van der Waals surface area contributed by atoms with Crippen molar-refractivity contribution in [2.45, 2.75) is 255 Å². The molecule has 4 aromatic rings. The van der Waals surface area contributed by atoms with E-state index < -0.39 is 28.7 Å². The van der Waals surface area contributed by atoms with E-state index in [4.69, 9.17) is 24.1 Å². The molecule has 16 rings (SSSR count). The van der Waals surface area contributed by atoms with Gasteiger partial charge in [0.2, 0.25) is 0 Å². The smallest absolute Gasteiger partial charge is 0.410 e. The summed E-state index contributed by atoms with van der Waals surface area (Å²) in [4.78, 5) is 109. The highest BCUT2D eigenvalue weighted by Gasteiger charge is 2.57. The largest absolute Gasteiger partial charge is 0.481 e. The number of rotatable bonds is 27. The zero-order valence-corrected chi connectivity index (χ0v) is 73.7. The van der Waals surface area contributed by atoms with E-state index >= 15 is 0 Å². The first-order chi connectivity index (χ1) is 57.2. The number of amides is 3. The van der Waals surface area contributed by atoms with E-state index in [0.29, 0.717) is 41.7 Å². The summed E-state index contributed by atoms with van der Waals surface area (Å²) in [5.41, 5.74) is 4.18. The van der Waals surface area contributed by atoms with Gasteiger partial charge in [-0.15, -0.1) is 0 Å². The minimum Gasteiger partial charge on any atom is -0.481 e. The number of hydrogen-bond donors (Lipinski definition) is 4.